The molecule has 3 aromatic carbocycles. The van der Waals surface area contributed by atoms with Gasteiger partial charge in [-0.1, -0.05) is 68.4 Å². The average molecular weight is 379 g/mol. The van der Waals surface area contributed by atoms with Crippen LogP contribution in [0.5, 0.6) is 0 Å². The van der Waals surface area contributed by atoms with Crippen LogP contribution >= 0.6 is 0 Å². The monoisotopic (exact) mass is 379 g/mol. The predicted molar refractivity (Wildman–Crippen MR) is 106 cm³/mol. The van der Waals surface area contributed by atoms with Gasteiger partial charge in [-0.3, -0.25) is 4.79 Å². The molecule has 0 saturated heterocycles. The van der Waals surface area contributed by atoms with Crippen LogP contribution in [-0.2, 0) is 16.1 Å². The van der Waals surface area contributed by atoms with Crippen molar-refractivity contribution in [2.24, 2.45) is 5.92 Å². The van der Waals surface area contributed by atoms with Crippen LogP contribution < -0.4 is 5.32 Å². The van der Waals surface area contributed by atoms with E-state index in [-0.39, 0.29) is 18.1 Å². The number of hydrogen-bond donors (Lipinski definition) is 1. The minimum Gasteiger partial charge on any atom is -0.459 e. The number of fused-ring (bicyclic) bond motifs is 1. The summed E-state index contributed by atoms with van der Waals surface area (Å²) in [4.78, 5) is 25.0. The lowest BCUT2D eigenvalue weighted by Crippen LogP contribution is -2.45. The lowest BCUT2D eigenvalue weighted by Gasteiger charge is -2.21. The van der Waals surface area contributed by atoms with E-state index < -0.39 is 23.7 Å². The maximum Gasteiger partial charge on any atom is 0.329 e. The molecule has 0 aliphatic carbocycles. The van der Waals surface area contributed by atoms with Gasteiger partial charge in [-0.05, 0) is 34.4 Å². The molecule has 144 valence electrons. The fourth-order valence-electron chi connectivity index (χ4n) is 3.02. The smallest absolute Gasteiger partial charge is 0.329 e. The van der Waals surface area contributed by atoms with E-state index in [1.807, 2.05) is 42.5 Å². The first-order valence-electron chi connectivity index (χ1n) is 9.16. The lowest BCUT2D eigenvalue weighted by molar-refractivity contribution is -0.148. The number of hydrogen-bond acceptors (Lipinski definition) is 3. The van der Waals surface area contributed by atoms with Crippen molar-refractivity contribution in [3.05, 3.63) is 83.7 Å². The summed E-state index contributed by atoms with van der Waals surface area (Å²) in [6.45, 7) is 3.69. The van der Waals surface area contributed by atoms with Gasteiger partial charge in [-0.25, -0.2) is 9.18 Å². The molecule has 0 aliphatic rings. The molecular weight excluding hydrogens is 357 g/mol. The van der Waals surface area contributed by atoms with E-state index in [9.17, 15) is 14.0 Å². The largest absolute Gasteiger partial charge is 0.459 e. The van der Waals surface area contributed by atoms with Gasteiger partial charge < -0.3 is 10.1 Å². The highest BCUT2D eigenvalue weighted by atomic mass is 19.1. The molecular formula is C23H22FNO3. The summed E-state index contributed by atoms with van der Waals surface area (Å²) >= 11 is 0. The quantitative estimate of drug-likeness (QED) is 0.643. The Hall–Kier alpha value is -3.21. The highest BCUT2D eigenvalue weighted by Crippen LogP contribution is 2.19. The van der Waals surface area contributed by atoms with Crippen LogP contribution in [0.2, 0.25) is 0 Å². The second-order valence-electron chi connectivity index (χ2n) is 6.92. The number of rotatable bonds is 6. The van der Waals surface area contributed by atoms with Crippen molar-refractivity contribution in [3.8, 4) is 0 Å². The van der Waals surface area contributed by atoms with E-state index in [0.29, 0.717) is 0 Å². The van der Waals surface area contributed by atoms with Crippen molar-refractivity contribution in [2.75, 3.05) is 0 Å². The Labute approximate surface area is 163 Å². The van der Waals surface area contributed by atoms with Crippen LogP contribution in [0.15, 0.2) is 66.7 Å². The summed E-state index contributed by atoms with van der Waals surface area (Å²) in [5.74, 6) is -2.03. The number of esters is 1. The maximum absolute atomic E-state index is 13.8. The van der Waals surface area contributed by atoms with Crippen LogP contribution in [0, 0.1) is 11.7 Å². The zero-order valence-corrected chi connectivity index (χ0v) is 15.8. The third kappa shape index (κ3) is 4.36. The van der Waals surface area contributed by atoms with Crippen molar-refractivity contribution in [2.45, 2.75) is 26.5 Å². The minimum absolute atomic E-state index is 0.0962. The molecule has 1 amide bonds. The third-order valence-corrected chi connectivity index (χ3v) is 4.58. The van der Waals surface area contributed by atoms with E-state index in [2.05, 4.69) is 5.32 Å². The van der Waals surface area contributed by atoms with E-state index in [4.69, 9.17) is 4.74 Å². The fraction of sp³-hybridized carbons (Fsp3) is 0.217. The SMILES string of the molecule is CC(C)[C@@H](NC(=O)c1ccccc1F)C(=O)OCc1cccc2ccccc12. The number of ether oxygens (including phenoxy) is 1. The molecule has 0 spiro atoms. The van der Waals surface area contributed by atoms with Crippen LogP contribution in [0.25, 0.3) is 10.8 Å². The molecule has 0 saturated carbocycles. The normalized spacial score (nSPS) is 12.0. The molecule has 0 bridgehead atoms. The first-order valence-corrected chi connectivity index (χ1v) is 9.16. The van der Waals surface area contributed by atoms with E-state index in [1.54, 1.807) is 19.9 Å². The van der Waals surface area contributed by atoms with Crippen molar-refractivity contribution in [1.82, 2.24) is 5.32 Å². The first kappa shape index (κ1) is 19.5. The Bertz CT molecular complexity index is 995. The van der Waals surface area contributed by atoms with Gasteiger partial charge in [0, 0.05) is 0 Å². The van der Waals surface area contributed by atoms with Crippen LogP contribution in [0.4, 0.5) is 4.39 Å². The molecule has 3 aromatic rings. The average Bonchev–Trinajstić information content (AvgIpc) is 2.70. The molecule has 0 unspecified atom stereocenters. The van der Waals surface area contributed by atoms with Gasteiger partial charge in [0.1, 0.15) is 18.5 Å². The number of carbonyl (C=O) groups excluding carboxylic acids is 2. The molecule has 3 rings (SSSR count). The zero-order valence-electron chi connectivity index (χ0n) is 15.8. The molecule has 0 fully saturated rings. The summed E-state index contributed by atoms with van der Waals surface area (Å²) < 4.78 is 19.3. The van der Waals surface area contributed by atoms with E-state index in [0.717, 1.165) is 16.3 Å². The van der Waals surface area contributed by atoms with Crippen LogP contribution in [0.1, 0.15) is 29.8 Å². The summed E-state index contributed by atoms with van der Waals surface area (Å²) in [7, 11) is 0. The minimum atomic E-state index is -0.873. The van der Waals surface area contributed by atoms with Gasteiger partial charge in [0.25, 0.3) is 5.91 Å². The van der Waals surface area contributed by atoms with Crippen molar-refractivity contribution >= 4 is 22.6 Å². The van der Waals surface area contributed by atoms with Crippen molar-refractivity contribution in [3.63, 3.8) is 0 Å². The maximum atomic E-state index is 13.8. The fourth-order valence-corrected chi connectivity index (χ4v) is 3.02. The molecule has 1 N–H and O–H groups in total. The van der Waals surface area contributed by atoms with Crippen molar-refractivity contribution in [1.29, 1.82) is 0 Å². The summed E-state index contributed by atoms with van der Waals surface area (Å²) in [6.07, 6.45) is 0. The Kier molecular flexibility index (Phi) is 6.04. The molecule has 28 heavy (non-hydrogen) atoms. The standard InChI is InChI=1S/C23H22FNO3/c1-15(2)21(25-22(26)19-12-5-6-13-20(19)24)23(27)28-14-17-10-7-9-16-8-3-4-11-18(16)17/h3-13,15,21H,14H2,1-2H3,(H,25,26)/t21-/m1/s1. The lowest BCUT2D eigenvalue weighted by atomic mass is 10.0. The number of halogens is 1. The second kappa shape index (κ2) is 8.65. The van der Waals surface area contributed by atoms with Gasteiger partial charge in [-0.15, -0.1) is 0 Å². The number of nitrogens with one attached hydrogen (secondary N) is 1. The highest BCUT2D eigenvalue weighted by molar-refractivity contribution is 5.97. The van der Waals surface area contributed by atoms with Crippen LogP contribution in [0.3, 0.4) is 0 Å². The molecule has 5 heteroatoms. The molecule has 0 radical (unpaired) electrons. The first-order chi connectivity index (χ1) is 13.5. The molecule has 0 aliphatic heterocycles. The number of benzene rings is 3. The van der Waals surface area contributed by atoms with Gasteiger partial charge in [0.05, 0.1) is 5.56 Å². The molecule has 4 nitrogen and oxygen atoms in total. The van der Waals surface area contributed by atoms with Gasteiger partial charge in [-0.2, -0.15) is 0 Å². The Morgan fingerprint density at radius 2 is 1.64 bits per heavy atom. The Balaban J connectivity index is 1.71. The third-order valence-electron chi connectivity index (χ3n) is 4.58. The Morgan fingerprint density at radius 3 is 2.39 bits per heavy atom. The van der Waals surface area contributed by atoms with Gasteiger partial charge in [0.15, 0.2) is 0 Å². The summed E-state index contributed by atoms with van der Waals surface area (Å²) in [5.41, 5.74) is 0.782. The molecule has 0 aromatic heterocycles. The molecule has 0 heterocycles. The molecule has 1 atom stereocenters. The van der Waals surface area contributed by atoms with Gasteiger partial charge >= 0.3 is 5.97 Å². The van der Waals surface area contributed by atoms with Crippen molar-refractivity contribution < 1.29 is 18.7 Å². The van der Waals surface area contributed by atoms with E-state index >= 15 is 0 Å². The second-order valence-corrected chi connectivity index (χ2v) is 6.92. The number of amides is 1. The summed E-state index contributed by atoms with van der Waals surface area (Å²) in [6, 6.07) is 18.4. The summed E-state index contributed by atoms with van der Waals surface area (Å²) in [5, 5.41) is 4.66. The van der Waals surface area contributed by atoms with E-state index in [1.165, 1.54) is 18.2 Å². The Morgan fingerprint density at radius 1 is 0.964 bits per heavy atom. The predicted octanol–water partition coefficient (Wildman–Crippen LogP) is 4.48. The topological polar surface area (TPSA) is 55.4 Å². The van der Waals surface area contributed by atoms with Gasteiger partial charge in [0.2, 0.25) is 0 Å². The zero-order chi connectivity index (χ0) is 20.1. The van der Waals surface area contributed by atoms with Crippen LogP contribution in [-0.4, -0.2) is 17.9 Å². The number of carbonyl (C=O) groups is 2. The highest BCUT2D eigenvalue weighted by Gasteiger charge is 2.27.